The van der Waals surface area contributed by atoms with E-state index in [4.69, 9.17) is 5.73 Å². The first kappa shape index (κ1) is 13.7. The summed E-state index contributed by atoms with van der Waals surface area (Å²) in [6, 6.07) is 0. The van der Waals surface area contributed by atoms with E-state index in [2.05, 4.69) is 6.58 Å². The van der Waals surface area contributed by atoms with E-state index in [9.17, 15) is 8.78 Å². The third kappa shape index (κ3) is 3.29. The minimum atomic E-state index is -0.633. The summed E-state index contributed by atoms with van der Waals surface area (Å²) in [7, 11) is 0. The Morgan fingerprint density at radius 3 is 2.71 bits per heavy atom. The highest BCUT2D eigenvalue weighted by Gasteiger charge is 2.22. The standard InChI is InChI=1S/C14H19F2N/c1-4-5-9(2)8-10(3)11-6-7-12(15)14(17)13(11)16/h4-5,9H,3,6-8,17H2,1-2H3/b5-4-. The van der Waals surface area contributed by atoms with Gasteiger partial charge in [0.05, 0.1) is 5.70 Å². The molecule has 0 amide bonds. The third-order valence-electron chi connectivity index (χ3n) is 2.90. The molecule has 0 aromatic carbocycles. The highest BCUT2D eigenvalue weighted by molar-refractivity contribution is 5.43. The van der Waals surface area contributed by atoms with Crippen LogP contribution in [0.5, 0.6) is 0 Å². The average Bonchev–Trinajstić information content (AvgIpc) is 2.26. The molecular formula is C14H19F2N. The van der Waals surface area contributed by atoms with Crippen LogP contribution < -0.4 is 5.73 Å². The minimum Gasteiger partial charge on any atom is -0.394 e. The maximum absolute atomic E-state index is 13.8. The van der Waals surface area contributed by atoms with Crippen molar-refractivity contribution in [2.45, 2.75) is 33.1 Å². The van der Waals surface area contributed by atoms with Gasteiger partial charge < -0.3 is 5.73 Å². The van der Waals surface area contributed by atoms with Gasteiger partial charge >= 0.3 is 0 Å². The van der Waals surface area contributed by atoms with Crippen LogP contribution in [0.1, 0.15) is 33.1 Å². The lowest BCUT2D eigenvalue weighted by atomic mass is 9.90. The fourth-order valence-electron chi connectivity index (χ4n) is 2.00. The van der Waals surface area contributed by atoms with Gasteiger partial charge in [0.2, 0.25) is 0 Å². The van der Waals surface area contributed by atoms with Crippen molar-refractivity contribution < 1.29 is 8.78 Å². The Morgan fingerprint density at radius 1 is 1.47 bits per heavy atom. The molecule has 0 radical (unpaired) electrons. The molecule has 0 saturated carbocycles. The fraction of sp³-hybridized carbons (Fsp3) is 0.429. The molecule has 0 aromatic heterocycles. The number of hydrogen-bond donors (Lipinski definition) is 1. The monoisotopic (exact) mass is 239 g/mol. The van der Waals surface area contributed by atoms with E-state index in [1.165, 1.54) is 0 Å². The van der Waals surface area contributed by atoms with Crippen LogP contribution in [-0.2, 0) is 0 Å². The zero-order chi connectivity index (χ0) is 13.0. The Bertz CT molecular complexity index is 402. The first-order valence-electron chi connectivity index (χ1n) is 5.81. The molecule has 0 heterocycles. The van der Waals surface area contributed by atoms with Gasteiger partial charge in [0.1, 0.15) is 5.83 Å². The number of halogens is 2. The maximum atomic E-state index is 13.8. The van der Waals surface area contributed by atoms with Crippen molar-refractivity contribution in [3.05, 3.63) is 47.2 Å². The zero-order valence-electron chi connectivity index (χ0n) is 10.4. The Kier molecular flexibility index (Phi) is 4.67. The highest BCUT2D eigenvalue weighted by atomic mass is 19.1. The van der Waals surface area contributed by atoms with E-state index < -0.39 is 11.7 Å². The van der Waals surface area contributed by atoms with Gasteiger partial charge in [-0.1, -0.05) is 25.7 Å². The molecular weight excluding hydrogens is 220 g/mol. The first-order valence-corrected chi connectivity index (χ1v) is 5.81. The van der Waals surface area contributed by atoms with Crippen LogP contribution in [0.4, 0.5) is 8.78 Å². The van der Waals surface area contributed by atoms with Crippen molar-refractivity contribution in [2.75, 3.05) is 0 Å². The van der Waals surface area contributed by atoms with E-state index >= 15 is 0 Å². The van der Waals surface area contributed by atoms with Crippen molar-refractivity contribution in [3.8, 4) is 0 Å². The van der Waals surface area contributed by atoms with Gasteiger partial charge in [-0.3, -0.25) is 0 Å². The molecule has 1 aliphatic rings. The normalized spacial score (nSPS) is 19.1. The minimum absolute atomic E-state index is 0.172. The molecule has 1 rings (SSSR count). The smallest absolute Gasteiger partial charge is 0.152 e. The lowest BCUT2D eigenvalue weighted by molar-refractivity contribution is 0.526. The second kappa shape index (κ2) is 5.80. The largest absolute Gasteiger partial charge is 0.394 e. The average molecular weight is 239 g/mol. The second-order valence-electron chi connectivity index (χ2n) is 4.42. The van der Waals surface area contributed by atoms with Crippen molar-refractivity contribution >= 4 is 0 Å². The van der Waals surface area contributed by atoms with Gasteiger partial charge in [0.25, 0.3) is 0 Å². The van der Waals surface area contributed by atoms with Crippen LogP contribution in [0.15, 0.2) is 47.2 Å². The highest BCUT2D eigenvalue weighted by Crippen LogP contribution is 2.34. The fourth-order valence-corrected chi connectivity index (χ4v) is 2.00. The van der Waals surface area contributed by atoms with Gasteiger partial charge in [-0.2, -0.15) is 0 Å². The van der Waals surface area contributed by atoms with Crippen molar-refractivity contribution in [1.29, 1.82) is 0 Å². The van der Waals surface area contributed by atoms with Crippen LogP contribution in [0.2, 0.25) is 0 Å². The summed E-state index contributed by atoms with van der Waals surface area (Å²) in [5.41, 5.74) is 6.18. The quantitative estimate of drug-likeness (QED) is 0.727. The molecule has 0 aromatic rings. The molecule has 1 atom stereocenters. The maximum Gasteiger partial charge on any atom is 0.152 e. The number of hydrogen-bond acceptors (Lipinski definition) is 1. The molecule has 94 valence electrons. The molecule has 2 N–H and O–H groups in total. The van der Waals surface area contributed by atoms with E-state index in [1.54, 1.807) is 0 Å². The number of rotatable bonds is 4. The lowest BCUT2D eigenvalue weighted by Gasteiger charge is -2.19. The summed E-state index contributed by atoms with van der Waals surface area (Å²) < 4.78 is 26.8. The van der Waals surface area contributed by atoms with Crippen molar-refractivity contribution in [2.24, 2.45) is 11.7 Å². The molecule has 0 spiro atoms. The predicted molar refractivity (Wildman–Crippen MR) is 67.4 cm³/mol. The molecule has 1 nitrogen and oxygen atoms in total. The molecule has 1 unspecified atom stereocenters. The van der Waals surface area contributed by atoms with E-state index in [-0.39, 0.29) is 12.1 Å². The Morgan fingerprint density at radius 2 is 2.12 bits per heavy atom. The molecule has 17 heavy (non-hydrogen) atoms. The molecule has 0 fully saturated rings. The summed E-state index contributed by atoms with van der Waals surface area (Å²) in [5.74, 6) is -0.892. The third-order valence-corrected chi connectivity index (χ3v) is 2.90. The molecule has 0 saturated heterocycles. The van der Waals surface area contributed by atoms with Crippen LogP contribution in [0, 0.1) is 5.92 Å². The predicted octanol–water partition coefficient (Wildman–Crippen LogP) is 4.30. The molecule has 0 bridgehead atoms. The van der Waals surface area contributed by atoms with E-state index in [1.807, 2.05) is 26.0 Å². The van der Waals surface area contributed by atoms with E-state index in [0.29, 0.717) is 29.9 Å². The van der Waals surface area contributed by atoms with Crippen LogP contribution in [0.3, 0.4) is 0 Å². The summed E-state index contributed by atoms with van der Waals surface area (Å²) in [4.78, 5) is 0. The topological polar surface area (TPSA) is 26.0 Å². The zero-order valence-corrected chi connectivity index (χ0v) is 10.4. The van der Waals surface area contributed by atoms with Gasteiger partial charge in [0.15, 0.2) is 5.83 Å². The second-order valence-corrected chi connectivity index (χ2v) is 4.42. The SMILES string of the molecule is C=C(CC(C)/C=C\C)C1=C(F)C(N)=C(F)CC1. The van der Waals surface area contributed by atoms with Crippen LogP contribution >= 0.6 is 0 Å². The molecule has 1 aliphatic carbocycles. The van der Waals surface area contributed by atoms with Crippen molar-refractivity contribution in [1.82, 2.24) is 0 Å². The van der Waals surface area contributed by atoms with E-state index in [0.717, 1.165) is 0 Å². The Hall–Kier alpha value is -1.38. The summed E-state index contributed by atoms with van der Waals surface area (Å²) in [6.45, 7) is 7.85. The molecule has 3 heteroatoms. The van der Waals surface area contributed by atoms with Gasteiger partial charge in [-0.05, 0) is 36.8 Å². The van der Waals surface area contributed by atoms with Gasteiger partial charge in [0, 0.05) is 6.42 Å². The van der Waals surface area contributed by atoms with Gasteiger partial charge in [-0.15, -0.1) is 0 Å². The van der Waals surface area contributed by atoms with Crippen LogP contribution in [-0.4, -0.2) is 0 Å². The summed E-state index contributed by atoms with van der Waals surface area (Å²) in [6.07, 6.45) is 5.18. The number of allylic oxidation sites excluding steroid dienone is 6. The Labute approximate surface area is 101 Å². The molecule has 0 aliphatic heterocycles. The Balaban J connectivity index is 2.83. The van der Waals surface area contributed by atoms with Crippen LogP contribution in [0.25, 0.3) is 0 Å². The van der Waals surface area contributed by atoms with Gasteiger partial charge in [-0.25, -0.2) is 8.78 Å². The lowest BCUT2D eigenvalue weighted by Crippen LogP contribution is -2.10. The van der Waals surface area contributed by atoms with Crippen molar-refractivity contribution in [3.63, 3.8) is 0 Å². The summed E-state index contributed by atoms with van der Waals surface area (Å²) >= 11 is 0. The number of nitrogens with two attached hydrogens (primary N) is 1. The summed E-state index contributed by atoms with van der Waals surface area (Å²) in [5, 5.41) is 0. The first-order chi connectivity index (χ1) is 7.97.